The Kier molecular flexibility index (Phi) is 7.39. The number of aromatic amines is 1. The number of rotatable bonds is 10. The molecule has 1 atom stereocenters. The SMILES string of the molecule is CCCNC(C)(CO)CCCCSc1ncc[nH]1. The number of unbranched alkanes of at least 4 members (excludes halogenated alkanes) is 1. The molecule has 0 aliphatic heterocycles. The summed E-state index contributed by atoms with van der Waals surface area (Å²) in [5, 5.41) is 13.9. The fraction of sp³-hybridized carbons (Fsp3) is 0.769. The quantitative estimate of drug-likeness (QED) is 0.452. The minimum atomic E-state index is -0.120. The van der Waals surface area contributed by atoms with Crippen molar-refractivity contribution in [3.63, 3.8) is 0 Å². The first-order valence-electron chi connectivity index (χ1n) is 6.68. The van der Waals surface area contributed by atoms with Crippen LogP contribution < -0.4 is 5.32 Å². The lowest BCUT2D eigenvalue weighted by molar-refractivity contribution is 0.163. The summed E-state index contributed by atoms with van der Waals surface area (Å²) in [7, 11) is 0. The van der Waals surface area contributed by atoms with Gasteiger partial charge in [-0.2, -0.15) is 0 Å². The van der Waals surface area contributed by atoms with Crippen molar-refractivity contribution in [2.24, 2.45) is 0 Å². The van der Waals surface area contributed by atoms with Crippen LogP contribution in [0, 0.1) is 0 Å². The Bertz CT molecular complexity index is 305. The van der Waals surface area contributed by atoms with E-state index in [1.54, 1.807) is 18.0 Å². The van der Waals surface area contributed by atoms with E-state index in [2.05, 4.69) is 29.1 Å². The van der Waals surface area contributed by atoms with E-state index in [0.717, 1.165) is 43.1 Å². The Morgan fingerprint density at radius 3 is 2.94 bits per heavy atom. The van der Waals surface area contributed by atoms with Gasteiger partial charge in [0.1, 0.15) is 0 Å². The molecule has 0 amide bonds. The molecule has 4 nitrogen and oxygen atoms in total. The van der Waals surface area contributed by atoms with E-state index in [-0.39, 0.29) is 12.1 Å². The number of nitrogens with one attached hydrogen (secondary N) is 2. The van der Waals surface area contributed by atoms with Gasteiger partial charge in [0.15, 0.2) is 5.16 Å². The maximum atomic E-state index is 9.44. The largest absolute Gasteiger partial charge is 0.394 e. The summed E-state index contributed by atoms with van der Waals surface area (Å²) in [6.07, 6.45) is 8.02. The normalized spacial score (nSPS) is 14.6. The van der Waals surface area contributed by atoms with E-state index in [9.17, 15) is 5.11 Å². The number of imidazole rings is 1. The number of aromatic nitrogens is 2. The molecule has 104 valence electrons. The first-order chi connectivity index (χ1) is 8.70. The van der Waals surface area contributed by atoms with Crippen LogP contribution in [0.15, 0.2) is 17.6 Å². The lowest BCUT2D eigenvalue weighted by Gasteiger charge is -2.28. The zero-order chi connectivity index (χ0) is 13.3. The molecule has 0 aliphatic rings. The molecule has 0 bridgehead atoms. The Morgan fingerprint density at radius 2 is 2.33 bits per heavy atom. The Balaban J connectivity index is 2.11. The second-order valence-corrected chi connectivity index (χ2v) is 5.93. The fourth-order valence-corrected chi connectivity index (χ4v) is 2.59. The number of nitrogens with zero attached hydrogens (tertiary/aromatic N) is 1. The van der Waals surface area contributed by atoms with Crippen molar-refractivity contribution in [1.29, 1.82) is 0 Å². The maximum absolute atomic E-state index is 9.44. The first kappa shape index (κ1) is 15.5. The van der Waals surface area contributed by atoms with Crippen LogP contribution in [0.2, 0.25) is 0 Å². The zero-order valence-corrected chi connectivity index (χ0v) is 12.2. The monoisotopic (exact) mass is 271 g/mol. The van der Waals surface area contributed by atoms with Crippen molar-refractivity contribution in [3.05, 3.63) is 12.4 Å². The second kappa shape index (κ2) is 8.56. The summed E-state index contributed by atoms with van der Waals surface area (Å²) in [5.74, 6) is 1.07. The van der Waals surface area contributed by atoms with Crippen molar-refractivity contribution in [2.45, 2.75) is 50.2 Å². The third-order valence-corrected chi connectivity index (χ3v) is 3.98. The number of hydrogen-bond acceptors (Lipinski definition) is 4. The lowest BCUT2D eigenvalue weighted by atomic mass is 9.96. The molecular weight excluding hydrogens is 246 g/mol. The highest BCUT2D eigenvalue weighted by atomic mass is 32.2. The number of H-pyrrole nitrogens is 1. The predicted molar refractivity (Wildman–Crippen MR) is 76.9 cm³/mol. The molecule has 1 aromatic rings. The highest BCUT2D eigenvalue weighted by Crippen LogP contribution is 2.18. The molecule has 0 spiro atoms. The highest BCUT2D eigenvalue weighted by Gasteiger charge is 2.21. The van der Waals surface area contributed by atoms with Crippen LogP contribution in [0.1, 0.15) is 39.5 Å². The van der Waals surface area contributed by atoms with Gasteiger partial charge in [0.2, 0.25) is 0 Å². The van der Waals surface area contributed by atoms with Gasteiger partial charge in [-0.1, -0.05) is 25.1 Å². The van der Waals surface area contributed by atoms with Gasteiger partial charge in [-0.3, -0.25) is 0 Å². The van der Waals surface area contributed by atoms with Crippen LogP contribution in [0.25, 0.3) is 0 Å². The topological polar surface area (TPSA) is 60.9 Å². The summed E-state index contributed by atoms with van der Waals surface area (Å²) in [4.78, 5) is 7.26. The van der Waals surface area contributed by atoms with Gasteiger partial charge >= 0.3 is 0 Å². The standard InChI is InChI=1S/C13H25N3OS/c1-3-7-16-13(2,11-17)6-4-5-10-18-12-14-8-9-15-12/h8-9,16-17H,3-7,10-11H2,1-2H3,(H,14,15). The molecule has 1 unspecified atom stereocenters. The van der Waals surface area contributed by atoms with Gasteiger partial charge in [0.25, 0.3) is 0 Å². The van der Waals surface area contributed by atoms with Gasteiger partial charge in [-0.05, 0) is 32.7 Å². The molecule has 0 fully saturated rings. The molecule has 1 aromatic heterocycles. The van der Waals surface area contributed by atoms with Crippen LogP contribution in [0.4, 0.5) is 0 Å². The number of thioether (sulfide) groups is 1. The third kappa shape index (κ3) is 5.89. The minimum absolute atomic E-state index is 0.120. The molecule has 0 saturated heterocycles. The molecule has 3 N–H and O–H groups in total. The zero-order valence-electron chi connectivity index (χ0n) is 11.4. The summed E-state index contributed by atoms with van der Waals surface area (Å²) in [6.45, 7) is 5.42. The third-order valence-electron chi connectivity index (χ3n) is 2.99. The molecular formula is C13H25N3OS. The predicted octanol–water partition coefficient (Wildman–Crippen LogP) is 2.42. The van der Waals surface area contributed by atoms with Crippen LogP contribution >= 0.6 is 11.8 Å². The van der Waals surface area contributed by atoms with Crippen molar-refractivity contribution < 1.29 is 5.11 Å². The Hall–Kier alpha value is -0.520. The average molecular weight is 271 g/mol. The molecule has 5 heteroatoms. The summed E-state index contributed by atoms with van der Waals surface area (Å²) >= 11 is 1.75. The lowest BCUT2D eigenvalue weighted by Crippen LogP contribution is -2.46. The maximum Gasteiger partial charge on any atom is 0.165 e. The number of aliphatic hydroxyl groups is 1. The molecule has 0 radical (unpaired) electrons. The molecule has 1 heterocycles. The molecule has 0 aliphatic carbocycles. The van der Waals surface area contributed by atoms with Gasteiger partial charge in [-0.15, -0.1) is 0 Å². The molecule has 1 rings (SSSR count). The summed E-state index contributed by atoms with van der Waals surface area (Å²) < 4.78 is 0. The molecule has 18 heavy (non-hydrogen) atoms. The summed E-state index contributed by atoms with van der Waals surface area (Å²) in [6, 6.07) is 0. The smallest absolute Gasteiger partial charge is 0.165 e. The van der Waals surface area contributed by atoms with Crippen LogP contribution in [0.5, 0.6) is 0 Å². The van der Waals surface area contributed by atoms with Crippen LogP contribution in [0.3, 0.4) is 0 Å². The second-order valence-electron chi connectivity index (χ2n) is 4.85. The van der Waals surface area contributed by atoms with Crippen molar-refractivity contribution in [3.8, 4) is 0 Å². The van der Waals surface area contributed by atoms with Gasteiger partial charge < -0.3 is 15.4 Å². The number of aliphatic hydroxyl groups excluding tert-OH is 1. The van der Waals surface area contributed by atoms with E-state index in [1.807, 2.05) is 6.20 Å². The molecule has 0 saturated carbocycles. The van der Waals surface area contributed by atoms with Gasteiger partial charge in [0, 0.05) is 23.7 Å². The van der Waals surface area contributed by atoms with Crippen LogP contribution in [-0.2, 0) is 0 Å². The fourth-order valence-electron chi connectivity index (χ4n) is 1.77. The first-order valence-corrected chi connectivity index (χ1v) is 7.67. The van der Waals surface area contributed by atoms with E-state index in [4.69, 9.17) is 0 Å². The van der Waals surface area contributed by atoms with Crippen LogP contribution in [-0.4, -0.2) is 39.5 Å². The van der Waals surface area contributed by atoms with E-state index >= 15 is 0 Å². The van der Waals surface area contributed by atoms with Crippen molar-refractivity contribution >= 4 is 11.8 Å². The minimum Gasteiger partial charge on any atom is -0.394 e. The summed E-state index contributed by atoms with van der Waals surface area (Å²) in [5.41, 5.74) is -0.120. The van der Waals surface area contributed by atoms with E-state index in [1.165, 1.54) is 0 Å². The molecule has 0 aromatic carbocycles. The average Bonchev–Trinajstić information content (AvgIpc) is 2.89. The Morgan fingerprint density at radius 1 is 1.50 bits per heavy atom. The number of hydrogen-bond donors (Lipinski definition) is 3. The van der Waals surface area contributed by atoms with E-state index < -0.39 is 0 Å². The van der Waals surface area contributed by atoms with Crippen molar-refractivity contribution in [2.75, 3.05) is 18.9 Å². The highest BCUT2D eigenvalue weighted by molar-refractivity contribution is 7.99. The van der Waals surface area contributed by atoms with Gasteiger partial charge in [-0.25, -0.2) is 4.98 Å². The Labute approximate surface area is 114 Å². The van der Waals surface area contributed by atoms with E-state index in [0.29, 0.717) is 0 Å². The van der Waals surface area contributed by atoms with Gasteiger partial charge in [0.05, 0.1) is 6.61 Å². The van der Waals surface area contributed by atoms with Crippen molar-refractivity contribution in [1.82, 2.24) is 15.3 Å².